The van der Waals surface area contributed by atoms with E-state index in [1.807, 2.05) is 30.5 Å². The number of hydrogen-bond donors (Lipinski definition) is 8. The number of carbonyl (C=O) groups is 5. The van der Waals surface area contributed by atoms with Gasteiger partial charge in [0.25, 0.3) is 0 Å². The van der Waals surface area contributed by atoms with Crippen LogP contribution in [0.2, 0.25) is 0 Å². The van der Waals surface area contributed by atoms with E-state index in [1.165, 1.54) is 11.8 Å². The van der Waals surface area contributed by atoms with Crippen molar-refractivity contribution in [2.75, 3.05) is 17.8 Å². The molecule has 202 valence electrons. The van der Waals surface area contributed by atoms with Gasteiger partial charge in [-0.2, -0.15) is 24.4 Å². The van der Waals surface area contributed by atoms with Gasteiger partial charge in [0.2, 0.25) is 23.6 Å². The number of nitrogens with one attached hydrogen (secondary N) is 4. The Morgan fingerprint density at radius 1 is 1.03 bits per heavy atom. The van der Waals surface area contributed by atoms with Crippen LogP contribution in [0.5, 0.6) is 0 Å². The summed E-state index contributed by atoms with van der Waals surface area (Å²) in [5, 5.41) is 17.7. The third-order valence-corrected chi connectivity index (χ3v) is 6.55. The minimum atomic E-state index is -1.37. The lowest BCUT2D eigenvalue weighted by atomic mass is 10.0. The van der Waals surface area contributed by atoms with Gasteiger partial charge in [-0.1, -0.05) is 18.2 Å². The van der Waals surface area contributed by atoms with Crippen LogP contribution in [-0.2, 0) is 30.4 Å². The summed E-state index contributed by atoms with van der Waals surface area (Å²) in [6, 6.07) is 2.51. The van der Waals surface area contributed by atoms with Gasteiger partial charge in [0.15, 0.2) is 0 Å². The fraction of sp³-hybridized carbons (Fsp3) is 0.435. The zero-order valence-corrected chi connectivity index (χ0v) is 21.9. The Bertz CT molecular complexity index is 1130. The summed E-state index contributed by atoms with van der Waals surface area (Å²) in [6.07, 6.45) is 3.35. The number of benzene rings is 1. The normalized spacial score (nSPS) is 14.2. The lowest BCUT2D eigenvalue weighted by molar-refractivity contribution is -0.142. The van der Waals surface area contributed by atoms with E-state index in [0.29, 0.717) is 17.7 Å². The summed E-state index contributed by atoms with van der Waals surface area (Å²) in [4.78, 5) is 64.5. The van der Waals surface area contributed by atoms with Crippen LogP contribution in [-0.4, -0.2) is 81.6 Å². The van der Waals surface area contributed by atoms with E-state index < -0.39 is 60.2 Å². The molecule has 0 saturated carbocycles. The zero-order valence-electron chi connectivity index (χ0n) is 20.2. The number of primary amides is 1. The number of rotatable bonds is 15. The summed E-state index contributed by atoms with van der Waals surface area (Å²) >= 11 is 5.59. The number of nitrogens with two attached hydrogens (primary N) is 2. The number of amides is 4. The Kier molecular flexibility index (Phi) is 11.8. The molecule has 4 amide bonds. The number of thiol groups is 1. The summed E-state index contributed by atoms with van der Waals surface area (Å²) in [6.45, 7) is 0. The number of para-hydroxylation sites is 1. The van der Waals surface area contributed by atoms with Crippen molar-refractivity contribution in [3.8, 4) is 0 Å². The van der Waals surface area contributed by atoms with Crippen molar-refractivity contribution < 1.29 is 29.1 Å². The van der Waals surface area contributed by atoms with E-state index in [2.05, 4.69) is 33.6 Å². The van der Waals surface area contributed by atoms with Crippen LogP contribution in [0.3, 0.4) is 0 Å². The predicted octanol–water partition coefficient (Wildman–Crippen LogP) is -0.865. The number of thioether (sulfide) groups is 1. The average molecular weight is 553 g/mol. The number of aliphatic carboxylic acids is 1. The average Bonchev–Trinajstić information content (AvgIpc) is 3.27. The maximum atomic E-state index is 12.9. The van der Waals surface area contributed by atoms with Crippen LogP contribution >= 0.6 is 24.4 Å². The first-order chi connectivity index (χ1) is 17.6. The van der Waals surface area contributed by atoms with Crippen molar-refractivity contribution in [3.63, 3.8) is 0 Å². The Morgan fingerprint density at radius 2 is 1.65 bits per heavy atom. The minimum absolute atomic E-state index is 0.00732. The summed E-state index contributed by atoms with van der Waals surface area (Å²) in [5.74, 6) is -3.98. The molecule has 1 heterocycles. The first-order valence-corrected chi connectivity index (χ1v) is 13.4. The van der Waals surface area contributed by atoms with E-state index >= 15 is 0 Å². The van der Waals surface area contributed by atoms with Gasteiger partial charge in [0.05, 0.1) is 12.5 Å². The van der Waals surface area contributed by atoms with Gasteiger partial charge in [-0.05, 0) is 30.1 Å². The highest BCUT2D eigenvalue weighted by Crippen LogP contribution is 2.19. The number of carboxylic acids is 1. The van der Waals surface area contributed by atoms with Crippen LogP contribution in [0.1, 0.15) is 18.4 Å². The number of fused-ring (bicyclic) bond motifs is 1. The quantitative estimate of drug-likeness (QED) is 0.130. The first-order valence-electron chi connectivity index (χ1n) is 11.4. The number of H-pyrrole nitrogens is 1. The minimum Gasteiger partial charge on any atom is -0.480 e. The van der Waals surface area contributed by atoms with Gasteiger partial charge in [-0.15, -0.1) is 0 Å². The fourth-order valence-corrected chi connectivity index (χ4v) is 4.27. The number of carboxylic acid groups (broad SMARTS) is 1. The highest BCUT2D eigenvalue weighted by molar-refractivity contribution is 7.98. The largest absolute Gasteiger partial charge is 0.480 e. The molecule has 0 saturated heterocycles. The maximum absolute atomic E-state index is 12.9. The molecule has 0 spiro atoms. The predicted molar refractivity (Wildman–Crippen MR) is 144 cm³/mol. The van der Waals surface area contributed by atoms with Crippen LogP contribution in [0.25, 0.3) is 10.9 Å². The molecule has 37 heavy (non-hydrogen) atoms. The Labute approximate surface area is 223 Å². The Morgan fingerprint density at radius 3 is 2.27 bits per heavy atom. The van der Waals surface area contributed by atoms with Gasteiger partial charge >= 0.3 is 5.97 Å². The number of carbonyl (C=O) groups excluding carboxylic acids is 4. The van der Waals surface area contributed by atoms with Gasteiger partial charge in [0, 0.05) is 29.3 Å². The van der Waals surface area contributed by atoms with Crippen LogP contribution in [0.4, 0.5) is 0 Å². The molecule has 9 N–H and O–H groups in total. The van der Waals surface area contributed by atoms with Crippen molar-refractivity contribution in [3.05, 3.63) is 36.0 Å². The lowest BCUT2D eigenvalue weighted by Crippen LogP contribution is -2.58. The molecule has 1 aromatic heterocycles. The molecule has 4 atom stereocenters. The van der Waals surface area contributed by atoms with Gasteiger partial charge in [-0.25, -0.2) is 4.79 Å². The molecular formula is C23H32N6O6S2. The van der Waals surface area contributed by atoms with Gasteiger partial charge in [0.1, 0.15) is 18.1 Å². The van der Waals surface area contributed by atoms with E-state index in [1.54, 1.807) is 6.20 Å². The molecule has 0 aliphatic carbocycles. The highest BCUT2D eigenvalue weighted by atomic mass is 32.2. The van der Waals surface area contributed by atoms with Crippen molar-refractivity contribution in [2.24, 2.45) is 11.5 Å². The Balaban J connectivity index is 2.08. The smallest absolute Gasteiger partial charge is 0.326 e. The summed E-state index contributed by atoms with van der Waals surface area (Å²) < 4.78 is 0. The van der Waals surface area contributed by atoms with Gasteiger partial charge < -0.3 is 37.5 Å². The lowest BCUT2D eigenvalue weighted by Gasteiger charge is -2.24. The molecule has 4 unspecified atom stereocenters. The standard InChI is InChI=1S/C23H32N6O6S2/c1-37-7-6-14(24)20(31)27-16(9-19(25)30)21(32)29-18(11-36)22(33)28-17(23(34)35)8-12-10-26-15-5-3-2-4-13(12)15/h2-5,10,14,16-18,26,36H,6-9,11,24H2,1H3,(H2,25,30)(H,27,31)(H,28,33)(H,29,32)(H,34,35). The molecule has 2 aromatic rings. The molecule has 2 rings (SSSR count). The topological polar surface area (TPSA) is 209 Å². The van der Waals surface area contributed by atoms with Crippen molar-refractivity contribution in [1.29, 1.82) is 0 Å². The van der Waals surface area contributed by atoms with Gasteiger partial charge in [-0.3, -0.25) is 19.2 Å². The second-order valence-electron chi connectivity index (χ2n) is 8.33. The monoisotopic (exact) mass is 552 g/mol. The Hall–Kier alpha value is -3.23. The molecule has 12 nitrogen and oxygen atoms in total. The number of aromatic nitrogens is 1. The molecule has 0 fully saturated rings. The summed E-state index contributed by atoms with van der Waals surface area (Å²) in [5.41, 5.74) is 12.6. The maximum Gasteiger partial charge on any atom is 0.326 e. The second kappa shape index (κ2) is 14.5. The van der Waals surface area contributed by atoms with Crippen molar-refractivity contribution in [2.45, 2.75) is 43.4 Å². The van der Waals surface area contributed by atoms with E-state index in [9.17, 15) is 29.1 Å². The molecular weight excluding hydrogens is 520 g/mol. The molecule has 0 aliphatic rings. The van der Waals surface area contributed by atoms with Crippen molar-refractivity contribution in [1.82, 2.24) is 20.9 Å². The van der Waals surface area contributed by atoms with Crippen LogP contribution in [0.15, 0.2) is 30.5 Å². The third-order valence-electron chi connectivity index (χ3n) is 5.54. The molecule has 1 aromatic carbocycles. The van der Waals surface area contributed by atoms with E-state index in [-0.39, 0.29) is 12.2 Å². The molecule has 0 aliphatic heterocycles. The number of hydrogen-bond acceptors (Lipinski definition) is 8. The summed E-state index contributed by atoms with van der Waals surface area (Å²) in [7, 11) is 0. The van der Waals surface area contributed by atoms with Crippen molar-refractivity contribution >= 4 is 64.9 Å². The highest BCUT2D eigenvalue weighted by Gasteiger charge is 2.31. The zero-order chi connectivity index (χ0) is 27.5. The fourth-order valence-electron chi connectivity index (χ4n) is 3.52. The number of aromatic amines is 1. The second-order valence-corrected chi connectivity index (χ2v) is 9.68. The third kappa shape index (κ3) is 8.98. The van der Waals surface area contributed by atoms with Crippen LogP contribution in [0, 0.1) is 0 Å². The molecule has 0 radical (unpaired) electrons. The molecule has 14 heteroatoms. The first kappa shape index (κ1) is 30.0. The van der Waals surface area contributed by atoms with E-state index in [4.69, 9.17) is 11.5 Å². The van der Waals surface area contributed by atoms with E-state index in [0.717, 1.165) is 10.9 Å². The SMILES string of the molecule is CSCCC(N)C(=O)NC(CC(N)=O)C(=O)NC(CS)C(=O)NC(Cc1c[nH]c2ccccc12)C(=O)O. The molecule has 0 bridgehead atoms. The van der Waals surface area contributed by atoms with Crippen LogP contribution < -0.4 is 27.4 Å².